The molecule has 0 radical (unpaired) electrons. The van der Waals surface area contributed by atoms with Crippen molar-refractivity contribution in [2.45, 2.75) is 19.8 Å². The molecule has 0 fully saturated rings. The summed E-state index contributed by atoms with van der Waals surface area (Å²) >= 11 is 0. The number of aryl methyl sites for hydroxylation is 3. The minimum absolute atomic E-state index is 0.127. The Balaban J connectivity index is 2.19. The number of pyridine rings is 1. The molecule has 0 saturated heterocycles. The number of nitrogens with zero attached hydrogens (tertiary/aromatic N) is 1. The van der Waals surface area contributed by atoms with Crippen LogP contribution in [0.5, 0.6) is 0 Å². The highest BCUT2D eigenvalue weighted by atomic mass is 19.3. The molecule has 4 rings (SSSR count). The summed E-state index contributed by atoms with van der Waals surface area (Å²) in [7, 11) is 1.86. The quantitative estimate of drug-likeness (QED) is 0.546. The highest BCUT2D eigenvalue weighted by molar-refractivity contribution is 5.92. The Morgan fingerprint density at radius 3 is 2.44 bits per heavy atom. The molecule has 2 aromatic carbocycles. The van der Waals surface area contributed by atoms with Crippen molar-refractivity contribution in [3.05, 3.63) is 76.7 Å². The molecule has 0 spiro atoms. The van der Waals surface area contributed by atoms with Crippen LogP contribution >= 0.6 is 0 Å². The number of aromatic nitrogens is 1. The molecular weight excluding hydrogens is 323 g/mol. The van der Waals surface area contributed by atoms with Crippen molar-refractivity contribution in [2.75, 3.05) is 0 Å². The summed E-state index contributed by atoms with van der Waals surface area (Å²) in [5, 5.41) is 0. The van der Waals surface area contributed by atoms with Gasteiger partial charge in [0.05, 0.1) is 11.1 Å². The van der Waals surface area contributed by atoms with Gasteiger partial charge in [0.2, 0.25) is 5.69 Å². The van der Waals surface area contributed by atoms with Crippen molar-refractivity contribution in [2.24, 2.45) is 7.05 Å². The molecule has 3 aromatic rings. The second kappa shape index (κ2) is 5.19. The van der Waals surface area contributed by atoms with Gasteiger partial charge in [0.25, 0.3) is 0 Å². The number of hydrogen-bond donors (Lipinski definition) is 0. The zero-order valence-electron chi connectivity index (χ0n) is 14.2. The standard InChI is InChI=1S/C21H17F3N/c1-12-7-8-15-14(10-12)19-18(17-6-4-5-9-25(17)3)13(2)11-16(22)20(19)21(15,23)24/h4-11H,1-3H3/q+1. The van der Waals surface area contributed by atoms with E-state index in [1.807, 2.05) is 42.9 Å². The van der Waals surface area contributed by atoms with Crippen LogP contribution in [-0.4, -0.2) is 0 Å². The van der Waals surface area contributed by atoms with E-state index < -0.39 is 17.3 Å². The third-order valence-electron chi connectivity index (χ3n) is 4.88. The summed E-state index contributed by atoms with van der Waals surface area (Å²) < 4.78 is 46.5. The number of fused-ring (bicyclic) bond motifs is 3. The Morgan fingerprint density at radius 1 is 0.960 bits per heavy atom. The molecule has 0 atom stereocenters. The van der Waals surface area contributed by atoms with Gasteiger partial charge in [0, 0.05) is 23.3 Å². The van der Waals surface area contributed by atoms with E-state index in [-0.39, 0.29) is 5.56 Å². The van der Waals surface area contributed by atoms with E-state index in [2.05, 4.69) is 0 Å². The van der Waals surface area contributed by atoms with Crippen LogP contribution in [0.4, 0.5) is 13.2 Å². The Morgan fingerprint density at radius 2 is 1.72 bits per heavy atom. The second-order valence-corrected chi connectivity index (χ2v) is 6.62. The van der Waals surface area contributed by atoms with Gasteiger partial charge in [-0.2, -0.15) is 8.78 Å². The predicted octanol–water partition coefficient (Wildman–Crippen LogP) is 5.05. The van der Waals surface area contributed by atoms with E-state index in [9.17, 15) is 4.39 Å². The molecule has 4 heteroatoms. The molecule has 0 bridgehead atoms. The lowest BCUT2D eigenvalue weighted by atomic mass is 9.91. The lowest BCUT2D eigenvalue weighted by Crippen LogP contribution is -2.30. The predicted molar refractivity (Wildman–Crippen MR) is 90.9 cm³/mol. The van der Waals surface area contributed by atoms with Crippen molar-refractivity contribution < 1.29 is 17.7 Å². The molecule has 0 N–H and O–H groups in total. The Kier molecular flexibility index (Phi) is 3.29. The number of alkyl halides is 2. The monoisotopic (exact) mass is 340 g/mol. The van der Waals surface area contributed by atoms with Crippen LogP contribution in [0.1, 0.15) is 22.3 Å². The highest BCUT2D eigenvalue weighted by Gasteiger charge is 2.48. The van der Waals surface area contributed by atoms with E-state index in [1.54, 1.807) is 19.1 Å². The first-order valence-corrected chi connectivity index (χ1v) is 8.10. The van der Waals surface area contributed by atoms with Crippen LogP contribution in [0.2, 0.25) is 0 Å². The van der Waals surface area contributed by atoms with Gasteiger partial charge in [-0.15, -0.1) is 0 Å². The van der Waals surface area contributed by atoms with Crippen LogP contribution in [0.15, 0.2) is 48.7 Å². The van der Waals surface area contributed by atoms with Crippen LogP contribution < -0.4 is 4.57 Å². The maximum Gasteiger partial charge on any atom is 0.302 e. The maximum atomic E-state index is 15.0. The molecule has 0 aliphatic heterocycles. The summed E-state index contributed by atoms with van der Waals surface area (Å²) in [5.41, 5.74) is 3.03. The average Bonchev–Trinajstić information content (AvgIpc) is 2.77. The summed E-state index contributed by atoms with van der Waals surface area (Å²) in [5.74, 6) is -4.19. The van der Waals surface area contributed by atoms with Gasteiger partial charge in [0.15, 0.2) is 6.20 Å². The van der Waals surface area contributed by atoms with Gasteiger partial charge < -0.3 is 0 Å². The summed E-state index contributed by atoms with van der Waals surface area (Å²) in [6.45, 7) is 3.61. The number of benzene rings is 2. The smallest absolute Gasteiger partial charge is 0.206 e. The minimum atomic E-state index is -3.34. The Hall–Kier alpha value is -2.62. The molecule has 25 heavy (non-hydrogen) atoms. The lowest BCUT2D eigenvalue weighted by Gasteiger charge is -2.15. The van der Waals surface area contributed by atoms with E-state index in [1.165, 1.54) is 12.1 Å². The Labute approximate surface area is 144 Å². The fourth-order valence-electron chi connectivity index (χ4n) is 3.74. The van der Waals surface area contributed by atoms with E-state index in [0.29, 0.717) is 22.3 Å². The average molecular weight is 340 g/mol. The van der Waals surface area contributed by atoms with E-state index in [0.717, 1.165) is 11.3 Å². The number of rotatable bonds is 1. The first kappa shape index (κ1) is 15.9. The topological polar surface area (TPSA) is 3.88 Å². The Bertz CT molecular complexity index is 1020. The first-order valence-electron chi connectivity index (χ1n) is 8.10. The largest absolute Gasteiger partial charge is 0.302 e. The van der Waals surface area contributed by atoms with E-state index >= 15 is 8.78 Å². The molecule has 0 saturated carbocycles. The summed E-state index contributed by atoms with van der Waals surface area (Å²) in [6.07, 6.45) is 1.86. The van der Waals surface area contributed by atoms with Gasteiger partial charge in [-0.05, 0) is 37.1 Å². The van der Waals surface area contributed by atoms with Gasteiger partial charge in [-0.1, -0.05) is 23.8 Å². The SMILES string of the molecule is Cc1ccc2c(c1)-c1c(-c3cccc[n+]3C)c(C)cc(F)c1C2(F)F. The third kappa shape index (κ3) is 2.13. The van der Waals surface area contributed by atoms with Gasteiger partial charge in [0.1, 0.15) is 12.9 Å². The molecule has 0 amide bonds. The van der Waals surface area contributed by atoms with Gasteiger partial charge >= 0.3 is 5.92 Å². The van der Waals surface area contributed by atoms with Crippen molar-refractivity contribution in [1.82, 2.24) is 0 Å². The molecule has 1 aromatic heterocycles. The zero-order chi connectivity index (χ0) is 17.9. The normalized spacial score (nSPS) is 14.3. The molecule has 1 heterocycles. The number of halogens is 3. The van der Waals surface area contributed by atoms with Crippen LogP contribution in [0.3, 0.4) is 0 Å². The summed E-state index contributed by atoms with van der Waals surface area (Å²) in [6, 6.07) is 11.6. The molecular formula is C21H17F3N+. The van der Waals surface area contributed by atoms with Crippen LogP contribution in [0, 0.1) is 19.7 Å². The molecule has 1 aliphatic carbocycles. The van der Waals surface area contributed by atoms with E-state index in [4.69, 9.17) is 0 Å². The molecule has 1 nitrogen and oxygen atoms in total. The van der Waals surface area contributed by atoms with Crippen LogP contribution in [0.25, 0.3) is 22.4 Å². The number of hydrogen-bond acceptors (Lipinski definition) is 0. The van der Waals surface area contributed by atoms with Crippen LogP contribution in [-0.2, 0) is 13.0 Å². The maximum absolute atomic E-state index is 15.0. The third-order valence-corrected chi connectivity index (χ3v) is 4.88. The van der Waals surface area contributed by atoms with Crippen molar-refractivity contribution in [1.29, 1.82) is 0 Å². The fraction of sp³-hybridized carbons (Fsp3) is 0.190. The highest BCUT2D eigenvalue weighted by Crippen LogP contribution is 2.55. The lowest BCUT2D eigenvalue weighted by molar-refractivity contribution is -0.660. The molecule has 0 unspecified atom stereocenters. The van der Waals surface area contributed by atoms with Gasteiger partial charge in [-0.3, -0.25) is 0 Å². The molecule has 126 valence electrons. The zero-order valence-corrected chi connectivity index (χ0v) is 14.2. The second-order valence-electron chi connectivity index (χ2n) is 6.62. The molecule has 1 aliphatic rings. The summed E-state index contributed by atoms with van der Waals surface area (Å²) in [4.78, 5) is 0. The van der Waals surface area contributed by atoms with Crippen molar-refractivity contribution in [3.8, 4) is 22.4 Å². The fourth-order valence-corrected chi connectivity index (χ4v) is 3.74. The first-order chi connectivity index (χ1) is 11.8. The van der Waals surface area contributed by atoms with Gasteiger partial charge in [-0.25, -0.2) is 8.96 Å². The van der Waals surface area contributed by atoms with Crippen molar-refractivity contribution in [3.63, 3.8) is 0 Å². The van der Waals surface area contributed by atoms with Crippen molar-refractivity contribution >= 4 is 0 Å². The minimum Gasteiger partial charge on any atom is -0.206 e.